The first kappa shape index (κ1) is 19.4. The SMILES string of the molecule is CCNC(=NCCc1ccccc1F)NCCn1ccnc1.I. The van der Waals surface area contributed by atoms with Crippen molar-refractivity contribution in [3.05, 3.63) is 54.4 Å². The fourth-order valence-electron chi connectivity index (χ4n) is 2.05. The van der Waals surface area contributed by atoms with E-state index < -0.39 is 0 Å². The highest BCUT2D eigenvalue weighted by atomic mass is 127. The molecule has 0 radical (unpaired) electrons. The quantitative estimate of drug-likeness (QED) is 0.403. The van der Waals surface area contributed by atoms with Gasteiger partial charge in [-0.2, -0.15) is 0 Å². The van der Waals surface area contributed by atoms with E-state index in [4.69, 9.17) is 0 Å². The Balaban J connectivity index is 0.00000264. The summed E-state index contributed by atoms with van der Waals surface area (Å²) in [4.78, 5) is 8.47. The summed E-state index contributed by atoms with van der Waals surface area (Å²) in [7, 11) is 0. The summed E-state index contributed by atoms with van der Waals surface area (Å²) in [6, 6.07) is 6.82. The van der Waals surface area contributed by atoms with Crippen molar-refractivity contribution in [1.82, 2.24) is 20.2 Å². The van der Waals surface area contributed by atoms with Gasteiger partial charge in [0.2, 0.25) is 0 Å². The second-order valence-electron chi connectivity index (χ2n) is 4.83. The van der Waals surface area contributed by atoms with Crippen molar-refractivity contribution in [2.75, 3.05) is 19.6 Å². The van der Waals surface area contributed by atoms with Crippen LogP contribution in [0.5, 0.6) is 0 Å². The molecule has 0 unspecified atom stereocenters. The van der Waals surface area contributed by atoms with Crippen molar-refractivity contribution in [3.8, 4) is 0 Å². The number of nitrogens with zero attached hydrogens (tertiary/aromatic N) is 3. The smallest absolute Gasteiger partial charge is 0.191 e. The van der Waals surface area contributed by atoms with Crippen LogP contribution in [0.2, 0.25) is 0 Å². The summed E-state index contributed by atoms with van der Waals surface area (Å²) in [5.41, 5.74) is 0.695. The van der Waals surface area contributed by atoms with Crippen LogP contribution in [0.25, 0.3) is 0 Å². The molecule has 0 atom stereocenters. The minimum absolute atomic E-state index is 0. The van der Waals surface area contributed by atoms with Gasteiger partial charge < -0.3 is 15.2 Å². The lowest BCUT2D eigenvalue weighted by atomic mass is 10.1. The molecule has 23 heavy (non-hydrogen) atoms. The molecule has 1 aromatic carbocycles. The second kappa shape index (κ2) is 11.0. The average molecular weight is 431 g/mol. The Morgan fingerprint density at radius 1 is 1.30 bits per heavy atom. The lowest BCUT2D eigenvalue weighted by Crippen LogP contribution is -2.39. The summed E-state index contributed by atoms with van der Waals surface area (Å²) in [5, 5.41) is 6.44. The molecule has 1 aromatic heterocycles. The largest absolute Gasteiger partial charge is 0.357 e. The molecule has 0 aliphatic heterocycles. The van der Waals surface area contributed by atoms with E-state index in [-0.39, 0.29) is 29.8 Å². The molecule has 5 nitrogen and oxygen atoms in total. The number of hydrogen-bond donors (Lipinski definition) is 2. The van der Waals surface area contributed by atoms with Gasteiger partial charge in [-0.3, -0.25) is 4.99 Å². The van der Waals surface area contributed by atoms with E-state index in [1.54, 1.807) is 24.7 Å². The first-order valence-corrected chi connectivity index (χ1v) is 7.51. The van der Waals surface area contributed by atoms with Gasteiger partial charge in [0, 0.05) is 38.6 Å². The van der Waals surface area contributed by atoms with Gasteiger partial charge in [0.15, 0.2) is 5.96 Å². The minimum atomic E-state index is -0.171. The third kappa shape index (κ3) is 6.98. The van der Waals surface area contributed by atoms with E-state index in [1.165, 1.54) is 6.07 Å². The van der Waals surface area contributed by atoms with Crippen molar-refractivity contribution in [2.45, 2.75) is 19.9 Å². The Kier molecular flexibility index (Phi) is 9.27. The van der Waals surface area contributed by atoms with E-state index >= 15 is 0 Å². The molecular weight excluding hydrogens is 408 g/mol. The molecular formula is C16H23FIN5. The van der Waals surface area contributed by atoms with Crippen LogP contribution in [0.4, 0.5) is 4.39 Å². The number of aromatic nitrogens is 2. The number of rotatable bonds is 7. The van der Waals surface area contributed by atoms with Crippen LogP contribution >= 0.6 is 24.0 Å². The van der Waals surface area contributed by atoms with Crippen molar-refractivity contribution < 1.29 is 4.39 Å². The number of hydrogen-bond acceptors (Lipinski definition) is 2. The average Bonchev–Trinajstić information content (AvgIpc) is 3.02. The number of nitrogens with one attached hydrogen (secondary N) is 2. The van der Waals surface area contributed by atoms with E-state index in [9.17, 15) is 4.39 Å². The van der Waals surface area contributed by atoms with Gasteiger partial charge >= 0.3 is 0 Å². The highest BCUT2D eigenvalue weighted by Crippen LogP contribution is 2.06. The van der Waals surface area contributed by atoms with E-state index in [2.05, 4.69) is 20.6 Å². The number of aliphatic imine (C=N–C) groups is 1. The predicted octanol–water partition coefficient (Wildman–Crippen LogP) is 2.44. The van der Waals surface area contributed by atoms with Gasteiger partial charge in [0.05, 0.1) is 6.33 Å². The van der Waals surface area contributed by atoms with Gasteiger partial charge in [0.25, 0.3) is 0 Å². The molecule has 0 fully saturated rings. The van der Waals surface area contributed by atoms with Crippen LogP contribution in [0.15, 0.2) is 48.0 Å². The summed E-state index contributed by atoms with van der Waals surface area (Å²) in [6.07, 6.45) is 6.05. The van der Waals surface area contributed by atoms with Crippen LogP contribution in [-0.4, -0.2) is 35.1 Å². The van der Waals surface area contributed by atoms with Crippen molar-refractivity contribution in [3.63, 3.8) is 0 Å². The van der Waals surface area contributed by atoms with Gasteiger partial charge in [-0.25, -0.2) is 9.37 Å². The molecule has 0 aliphatic rings. The third-order valence-electron chi connectivity index (χ3n) is 3.17. The summed E-state index contributed by atoms with van der Waals surface area (Å²) in [6.45, 7) is 4.92. The fraction of sp³-hybridized carbons (Fsp3) is 0.375. The van der Waals surface area contributed by atoms with Gasteiger partial charge in [-0.15, -0.1) is 24.0 Å². The topological polar surface area (TPSA) is 54.2 Å². The maximum absolute atomic E-state index is 13.5. The number of benzene rings is 1. The predicted molar refractivity (Wildman–Crippen MR) is 102 cm³/mol. The van der Waals surface area contributed by atoms with Crippen molar-refractivity contribution in [2.24, 2.45) is 4.99 Å². The van der Waals surface area contributed by atoms with Gasteiger partial charge in [0.1, 0.15) is 5.82 Å². The van der Waals surface area contributed by atoms with E-state index in [0.29, 0.717) is 18.5 Å². The highest BCUT2D eigenvalue weighted by Gasteiger charge is 2.01. The Labute approximate surface area is 153 Å². The highest BCUT2D eigenvalue weighted by molar-refractivity contribution is 14.0. The van der Waals surface area contributed by atoms with Gasteiger partial charge in [-0.05, 0) is 25.0 Å². The van der Waals surface area contributed by atoms with Crippen molar-refractivity contribution in [1.29, 1.82) is 0 Å². The first-order valence-electron chi connectivity index (χ1n) is 7.51. The maximum atomic E-state index is 13.5. The fourth-order valence-corrected chi connectivity index (χ4v) is 2.05. The molecule has 126 valence electrons. The lowest BCUT2D eigenvalue weighted by Gasteiger charge is -2.11. The molecule has 7 heteroatoms. The van der Waals surface area contributed by atoms with Crippen LogP contribution in [-0.2, 0) is 13.0 Å². The molecule has 2 aromatic rings. The molecule has 0 aliphatic carbocycles. The van der Waals surface area contributed by atoms with Crippen LogP contribution in [0.1, 0.15) is 12.5 Å². The summed E-state index contributed by atoms with van der Waals surface area (Å²) < 4.78 is 15.5. The zero-order valence-electron chi connectivity index (χ0n) is 13.2. The summed E-state index contributed by atoms with van der Waals surface area (Å²) >= 11 is 0. The maximum Gasteiger partial charge on any atom is 0.191 e. The van der Waals surface area contributed by atoms with Crippen LogP contribution < -0.4 is 10.6 Å². The van der Waals surface area contributed by atoms with Crippen LogP contribution in [0, 0.1) is 5.82 Å². The molecule has 1 heterocycles. The molecule has 0 bridgehead atoms. The Bertz CT molecular complexity index is 586. The van der Waals surface area contributed by atoms with E-state index in [1.807, 2.05) is 23.8 Å². The zero-order valence-corrected chi connectivity index (χ0v) is 15.5. The molecule has 0 saturated carbocycles. The summed E-state index contributed by atoms with van der Waals surface area (Å²) in [5.74, 6) is 0.578. The Morgan fingerprint density at radius 2 is 2.13 bits per heavy atom. The molecule has 2 rings (SSSR count). The lowest BCUT2D eigenvalue weighted by molar-refractivity contribution is 0.609. The number of guanidine groups is 1. The minimum Gasteiger partial charge on any atom is -0.357 e. The molecule has 0 amide bonds. The monoisotopic (exact) mass is 431 g/mol. The first-order chi connectivity index (χ1) is 10.8. The standard InChI is InChI=1S/C16H22FN5.HI/c1-2-19-16(21-10-12-22-11-9-18-13-22)20-8-7-14-5-3-4-6-15(14)17;/h3-6,9,11,13H,2,7-8,10,12H2,1H3,(H2,19,20,21);1H. The number of imidazole rings is 1. The van der Waals surface area contributed by atoms with Crippen molar-refractivity contribution >= 4 is 29.9 Å². The Morgan fingerprint density at radius 3 is 2.83 bits per heavy atom. The molecule has 0 saturated heterocycles. The molecule has 0 spiro atoms. The third-order valence-corrected chi connectivity index (χ3v) is 3.17. The molecule has 2 N–H and O–H groups in total. The second-order valence-corrected chi connectivity index (χ2v) is 4.83. The zero-order chi connectivity index (χ0) is 15.6. The van der Waals surface area contributed by atoms with Gasteiger partial charge in [-0.1, -0.05) is 18.2 Å². The number of halogens is 2. The van der Waals surface area contributed by atoms with Crippen LogP contribution in [0.3, 0.4) is 0 Å². The Hall–Kier alpha value is -1.64. The van der Waals surface area contributed by atoms with E-state index in [0.717, 1.165) is 25.6 Å². The normalized spacial score (nSPS) is 11.0.